The van der Waals surface area contributed by atoms with Crippen molar-refractivity contribution in [2.45, 2.75) is 64.0 Å². The zero-order valence-corrected chi connectivity index (χ0v) is 17.2. The van der Waals surface area contributed by atoms with Crippen LogP contribution in [-0.2, 0) is 17.8 Å². The van der Waals surface area contributed by atoms with Gasteiger partial charge >= 0.3 is 0 Å². The number of likely N-dealkylation sites (tertiary alicyclic amines) is 2. The molecule has 0 radical (unpaired) electrons. The molecule has 1 aromatic heterocycles. The first-order valence-electron chi connectivity index (χ1n) is 11.0. The third kappa shape index (κ3) is 3.82. The highest BCUT2D eigenvalue weighted by atomic mass is 16.5. The van der Waals surface area contributed by atoms with Crippen LogP contribution in [-0.4, -0.2) is 51.5 Å². The number of carbonyl (C=O) groups excluding carboxylic acids is 1. The number of nitrogens with zero attached hydrogens (tertiary/aromatic N) is 4. The van der Waals surface area contributed by atoms with E-state index in [-0.39, 0.29) is 11.3 Å². The van der Waals surface area contributed by atoms with Crippen molar-refractivity contribution in [3.63, 3.8) is 0 Å². The molecule has 0 N–H and O–H groups in total. The summed E-state index contributed by atoms with van der Waals surface area (Å²) in [5.74, 6) is 1.87. The second-order valence-electron chi connectivity index (χ2n) is 9.10. The molecule has 1 spiro atoms. The zero-order valence-electron chi connectivity index (χ0n) is 17.2. The van der Waals surface area contributed by atoms with E-state index in [1.807, 2.05) is 13.0 Å². The molecule has 3 heterocycles. The van der Waals surface area contributed by atoms with E-state index in [2.05, 4.69) is 44.2 Å². The molecule has 1 aliphatic carbocycles. The summed E-state index contributed by atoms with van der Waals surface area (Å²) in [5, 5.41) is 4.11. The van der Waals surface area contributed by atoms with E-state index >= 15 is 0 Å². The van der Waals surface area contributed by atoms with E-state index in [1.165, 1.54) is 18.4 Å². The van der Waals surface area contributed by atoms with Crippen LogP contribution in [0.1, 0.15) is 62.2 Å². The van der Waals surface area contributed by atoms with Crippen molar-refractivity contribution in [3.05, 3.63) is 47.6 Å². The Morgan fingerprint density at radius 1 is 1.17 bits per heavy atom. The summed E-state index contributed by atoms with van der Waals surface area (Å²) in [5.41, 5.74) is 1.42. The second kappa shape index (κ2) is 7.56. The van der Waals surface area contributed by atoms with Gasteiger partial charge in [-0.1, -0.05) is 42.4 Å². The van der Waals surface area contributed by atoms with Gasteiger partial charge < -0.3 is 9.42 Å². The number of amides is 1. The number of piperidine rings is 2. The standard InChI is InChI=1S/C23H30N4O2/c1-2-21-24-20(25-29-21)15-26-12-10-23(11-13-26)14-19(17-6-4-3-5-7-17)22(28)27(16-23)18-8-9-18/h3-7,18-19H,2,8-16H2,1H3/t19-/m0/s1. The fourth-order valence-corrected chi connectivity index (χ4v) is 5.11. The number of aromatic nitrogens is 2. The molecule has 0 unspecified atom stereocenters. The summed E-state index contributed by atoms with van der Waals surface area (Å²) in [6, 6.07) is 10.9. The largest absolute Gasteiger partial charge is 0.339 e. The SMILES string of the molecule is CCc1nc(CN2CCC3(CC2)C[C@@H](c2ccccc2)C(=O)N(C2CC2)C3)no1. The molecule has 1 aromatic carbocycles. The fourth-order valence-electron chi connectivity index (χ4n) is 5.11. The highest BCUT2D eigenvalue weighted by Gasteiger charge is 2.49. The Bertz CT molecular complexity index is 853. The zero-order chi connectivity index (χ0) is 19.8. The molecule has 6 nitrogen and oxygen atoms in total. The van der Waals surface area contributed by atoms with Crippen LogP contribution in [0.2, 0.25) is 0 Å². The van der Waals surface area contributed by atoms with Crippen molar-refractivity contribution >= 4 is 5.91 Å². The predicted molar refractivity (Wildman–Crippen MR) is 109 cm³/mol. The monoisotopic (exact) mass is 394 g/mol. The van der Waals surface area contributed by atoms with E-state index in [0.29, 0.717) is 17.8 Å². The summed E-state index contributed by atoms with van der Waals surface area (Å²) < 4.78 is 5.26. The van der Waals surface area contributed by atoms with E-state index in [4.69, 9.17) is 4.52 Å². The number of hydrogen-bond donors (Lipinski definition) is 0. The van der Waals surface area contributed by atoms with E-state index in [9.17, 15) is 4.79 Å². The van der Waals surface area contributed by atoms with Gasteiger partial charge in [-0.25, -0.2) is 0 Å². The first-order valence-corrected chi connectivity index (χ1v) is 11.0. The Kier molecular flexibility index (Phi) is 4.90. The van der Waals surface area contributed by atoms with Crippen molar-refractivity contribution in [1.82, 2.24) is 19.9 Å². The Hall–Kier alpha value is -2.21. The molecule has 5 rings (SSSR count). The van der Waals surface area contributed by atoms with Gasteiger partial charge in [0.15, 0.2) is 5.82 Å². The van der Waals surface area contributed by atoms with Crippen LogP contribution < -0.4 is 0 Å². The van der Waals surface area contributed by atoms with E-state index in [0.717, 1.165) is 57.7 Å². The molecule has 2 saturated heterocycles. The lowest BCUT2D eigenvalue weighted by atomic mass is 9.67. The Labute approximate surface area is 172 Å². The van der Waals surface area contributed by atoms with Crippen molar-refractivity contribution < 1.29 is 9.32 Å². The van der Waals surface area contributed by atoms with Crippen LogP contribution in [0.4, 0.5) is 0 Å². The topological polar surface area (TPSA) is 62.5 Å². The van der Waals surface area contributed by atoms with Crippen LogP contribution >= 0.6 is 0 Å². The first kappa shape index (κ1) is 18.8. The minimum atomic E-state index is 0.0152. The first-order chi connectivity index (χ1) is 14.2. The van der Waals surface area contributed by atoms with Gasteiger partial charge in [0, 0.05) is 19.0 Å². The minimum absolute atomic E-state index is 0.0152. The van der Waals surface area contributed by atoms with Gasteiger partial charge in [0.05, 0.1) is 12.5 Å². The molecule has 29 heavy (non-hydrogen) atoms. The van der Waals surface area contributed by atoms with Crippen LogP contribution in [0.25, 0.3) is 0 Å². The molecule has 154 valence electrons. The highest BCUT2D eigenvalue weighted by molar-refractivity contribution is 5.85. The van der Waals surface area contributed by atoms with Crippen molar-refractivity contribution in [3.8, 4) is 0 Å². The smallest absolute Gasteiger partial charge is 0.230 e. The molecule has 2 aromatic rings. The van der Waals surface area contributed by atoms with E-state index < -0.39 is 0 Å². The van der Waals surface area contributed by atoms with Crippen molar-refractivity contribution in [2.24, 2.45) is 5.41 Å². The molecular formula is C23H30N4O2. The maximum absolute atomic E-state index is 13.3. The van der Waals surface area contributed by atoms with Crippen LogP contribution in [0, 0.1) is 5.41 Å². The average Bonchev–Trinajstić information content (AvgIpc) is 3.51. The molecule has 1 atom stereocenters. The molecular weight excluding hydrogens is 364 g/mol. The number of hydrogen-bond acceptors (Lipinski definition) is 5. The molecule has 6 heteroatoms. The maximum atomic E-state index is 13.3. The molecule has 3 fully saturated rings. The van der Waals surface area contributed by atoms with Gasteiger partial charge in [0.25, 0.3) is 0 Å². The Balaban J connectivity index is 1.30. The second-order valence-corrected chi connectivity index (χ2v) is 9.10. The average molecular weight is 395 g/mol. The fraction of sp³-hybridized carbons (Fsp3) is 0.609. The lowest BCUT2D eigenvalue weighted by Gasteiger charge is -2.50. The lowest BCUT2D eigenvalue weighted by molar-refractivity contribution is -0.142. The molecule has 3 aliphatic rings. The van der Waals surface area contributed by atoms with Gasteiger partial charge in [-0.2, -0.15) is 4.98 Å². The lowest BCUT2D eigenvalue weighted by Crippen LogP contribution is -2.54. The molecule has 2 aliphatic heterocycles. The predicted octanol–water partition coefficient (Wildman–Crippen LogP) is 3.39. The normalized spacial score (nSPS) is 24.9. The highest BCUT2D eigenvalue weighted by Crippen LogP contribution is 2.48. The summed E-state index contributed by atoms with van der Waals surface area (Å²) in [4.78, 5) is 22.4. The minimum Gasteiger partial charge on any atom is -0.339 e. The third-order valence-corrected chi connectivity index (χ3v) is 7.01. The van der Waals surface area contributed by atoms with Crippen molar-refractivity contribution in [2.75, 3.05) is 19.6 Å². The third-order valence-electron chi connectivity index (χ3n) is 7.01. The Morgan fingerprint density at radius 3 is 2.59 bits per heavy atom. The van der Waals surface area contributed by atoms with Gasteiger partial charge in [0.1, 0.15) is 0 Å². The quantitative estimate of drug-likeness (QED) is 0.778. The molecule has 1 saturated carbocycles. The summed E-state index contributed by atoms with van der Waals surface area (Å²) in [6.07, 6.45) is 6.37. The van der Waals surface area contributed by atoms with Gasteiger partial charge in [-0.05, 0) is 56.2 Å². The summed E-state index contributed by atoms with van der Waals surface area (Å²) in [6.45, 7) is 5.79. The summed E-state index contributed by atoms with van der Waals surface area (Å²) >= 11 is 0. The van der Waals surface area contributed by atoms with Crippen LogP contribution in [0.15, 0.2) is 34.9 Å². The molecule has 0 bridgehead atoms. The maximum Gasteiger partial charge on any atom is 0.230 e. The van der Waals surface area contributed by atoms with Gasteiger partial charge in [0.2, 0.25) is 11.8 Å². The number of benzene rings is 1. The van der Waals surface area contributed by atoms with Crippen LogP contribution in [0.5, 0.6) is 0 Å². The van der Waals surface area contributed by atoms with Crippen molar-refractivity contribution in [1.29, 1.82) is 0 Å². The number of rotatable bonds is 5. The summed E-state index contributed by atoms with van der Waals surface area (Å²) in [7, 11) is 0. The number of aryl methyl sites for hydroxylation is 1. The number of carbonyl (C=O) groups is 1. The van der Waals surface area contributed by atoms with Crippen LogP contribution in [0.3, 0.4) is 0 Å². The Morgan fingerprint density at radius 2 is 1.93 bits per heavy atom. The van der Waals surface area contributed by atoms with E-state index in [1.54, 1.807) is 0 Å². The van der Waals surface area contributed by atoms with Gasteiger partial charge in [-0.15, -0.1) is 0 Å². The van der Waals surface area contributed by atoms with Gasteiger partial charge in [-0.3, -0.25) is 9.69 Å². The molecule has 1 amide bonds.